The summed E-state index contributed by atoms with van der Waals surface area (Å²) in [6, 6.07) is 0. The van der Waals surface area contributed by atoms with Crippen molar-refractivity contribution in [1.29, 1.82) is 0 Å². The smallest absolute Gasteiger partial charge is 0.307 e. The molecule has 0 saturated carbocycles. The van der Waals surface area contributed by atoms with Crippen molar-refractivity contribution in [3.8, 4) is 11.8 Å². The fourth-order valence-corrected chi connectivity index (χ4v) is 2.28. The van der Waals surface area contributed by atoms with Crippen LogP contribution in [0.15, 0.2) is 12.2 Å². The summed E-state index contributed by atoms with van der Waals surface area (Å²) >= 11 is 0. The second kappa shape index (κ2) is 14.6. The van der Waals surface area contributed by atoms with Gasteiger partial charge in [-0.1, -0.05) is 58.5 Å². The van der Waals surface area contributed by atoms with Crippen LogP contribution in [0.2, 0.25) is 0 Å². The van der Waals surface area contributed by atoms with Gasteiger partial charge in [0, 0.05) is 18.8 Å². The molecule has 0 N–H and O–H groups in total. The van der Waals surface area contributed by atoms with Crippen molar-refractivity contribution >= 4 is 11.9 Å². The first-order chi connectivity index (χ1) is 11.9. The fraction of sp³-hybridized carbons (Fsp3) is 0.714. The highest BCUT2D eigenvalue weighted by molar-refractivity contribution is 5.72. The van der Waals surface area contributed by atoms with Crippen molar-refractivity contribution < 1.29 is 19.1 Å². The third-order valence-corrected chi connectivity index (χ3v) is 3.72. The zero-order chi connectivity index (χ0) is 19.1. The van der Waals surface area contributed by atoms with Crippen LogP contribution < -0.4 is 0 Å². The molecule has 4 nitrogen and oxygen atoms in total. The summed E-state index contributed by atoms with van der Waals surface area (Å²) < 4.78 is 10.6. The van der Waals surface area contributed by atoms with Crippen LogP contribution in [0.25, 0.3) is 0 Å². The first kappa shape index (κ1) is 23.2. The molecular weight excluding hydrogens is 316 g/mol. The van der Waals surface area contributed by atoms with Crippen molar-refractivity contribution in [1.82, 2.24) is 0 Å². The molecule has 0 heterocycles. The highest BCUT2D eigenvalue weighted by Crippen LogP contribution is 2.15. The maximum absolute atomic E-state index is 12.0. The molecule has 25 heavy (non-hydrogen) atoms. The minimum Gasteiger partial charge on any atom is -0.466 e. The number of hydrogen-bond donors (Lipinski definition) is 0. The Kier molecular flexibility index (Phi) is 13.5. The molecule has 0 rings (SSSR count). The van der Waals surface area contributed by atoms with Crippen LogP contribution in [-0.4, -0.2) is 24.6 Å². The van der Waals surface area contributed by atoms with Gasteiger partial charge in [0.15, 0.2) is 6.10 Å². The van der Waals surface area contributed by atoms with Gasteiger partial charge in [-0.25, -0.2) is 0 Å². The molecule has 0 aliphatic heterocycles. The maximum atomic E-state index is 12.0. The Morgan fingerprint density at radius 1 is 1.04 bits per heavy atom. The monoisotopic (exact) mass is 350 g/mol. The van der Waals surface area contributed by atoms with Crippen molar-refractivity contribution in [2.45, 2.75) is 85.2 Å². The number of carbonyl (C=O) groups excluding carboxylic acids is 2. The molecular formula is C21H34O4. The summed E-state index contributed by atoms with van der Waals surface area (Å²) in [7, 11) is 0. The Balaban J connectivity index is 4.23. The normalized spacial score (nSPS) is 12.5. The summed E-state index contributed by atoms with van der Waals surface area (Å²) in [5.74, 6) is 5.50. The largest absolute Gasteiger partial charge is 0.466 e. The number of unbranched alkanes of at least 4 members (excludes halogenated alkanes) is 2. The van der Waals surface area contributed by atoms with Gasteiger partial charge in [0.05, 0.1) is 6.61 Å². The Morgan fingerprint density at radius 3 is 2.32 bits per heavy atom. The molecule has 2 atom stereocenters. The maximum Gasteiger partial charge on any atom is 0.307 e. The van der Waals surface area contributed by atoms with Crippen LogP contribution in [-0.2, 0) is 19.1 Å². The predicted octanol–water partition coefficient (Wildman–Crippen LogP) is 4.82. The van der Waals surface area contributed by atoms with E-state index in [1.807, 2.05) is 13.8 Å². The molecule has 4 heteroatoms. The van der Waals surface area contributed by atoms with Crippen LogP contribution in [0.3, 0.4) is 0 Å². The Morgan fingerprint density at radius 2 is 1.72 bits per heavy atom. The van der Waals surface area contributed by atoms with E-state index in [4.69, 9.17) is 9.47 Å². The second-order valence-electron chi connectivity index (χ2n) is 6.51. The minimum absolute atomic E-state index is 0.171. The second-order valence-corrected chi connectivity index (χ2v) is 6.51. The van der Waals surface area contributed by atoms with Crippen LogP contribution in [0, 0.1) is 17.8 Å². The summed E-state index contributed by atoms with van der Waals surface area (Å²) in [5, 5.41) is 0. The molecule has 0 saturated heterocycles. The first-order valence-electron chi connectivity index (χ1n) is 9.42. The Bertz CT molecular complexity index is 470. The molecule has 0 bridgehead atoms. The van der Waals surface area contributed by atoms with E-state index in [-0.39, 0.29) is 30.7 Å². The molecule has 0 fully saturated rings. The van der Waals surface area contributed by atoms with Crippen LogP contribution in [0.5, 0.6) is 0 Å². The average molecular weight is 350 g/mol. The van der Waals surface area contributed by atoms with Crippen molar-refractivity contribution in [2.24, 2.45) is 5.92 Å². The number of esters is 2. The average Bonchev–Trinajstić information content (AvgIpc) is 2.55. The van der Waals surface area contributed by atoms with Gasteiger partial charge in [-0.2, -0.15) is 0 Å². The lowest BCUT2D eigenvalue weighted by Gasteiger charge is -2.19. The van der Waals surface area contributed by atoms with Gasteiger partial charge in [0.1, 0.15) is 0 Å². The minimum atomic E-state index is -0.426. The van der Waals surface area contributed by atoms with Crippen LogP contribution >= 0.6 is 0 Å². The lowest BCUT2D eigenvalue weighted by molar-refractivity contribution is -0.149. The van der Waals surface area contributed by atoms with Gasteiger partial charge in [-0.05, 0) is 31.8 Å². The van der Waals surface area contributed by atoms with Crippen LogP contribution in [0.1, 0.15) is 79.1 Å². The van der Waals surface area contributed by atoms with E-state index in [1.54, 1.807) is 0 Å². The Labute approximate surface area is 153 Å². The molecule has 0 aromatic rings. The number of carbonyl (C=O) groups is 2. The number of allylic oxidation sites excluding steroid dienone is 1. The van der Waals surface area contributed by atoms with E-state index in [2.05, 4.69) is 32.3 Å². The third kappa shape index (κ3) is 13.2. The van der Waals surface area contributed by atoms with Gasteiger partial charge in [-0.15, -0.1) is 0 Å². The van der Waals surface area contributed by atoms with Gasteiger partial charge in [-0.3, -0.25) is 9.59 Å². The summed E-state index contributed by atoms with van der Waals surface area (Å²) in [6.07, 6.45) is 5.45. The van der Waals surface area contributed by atoms with Crippen molar-refractivity contribution in [2.75, 3.05) is 6.61 Å². The molecule has 0 aromatic carbocycles. The van der Waals surface area contributed by atoms with Gasteiger partial charge in [0.2, 0.25) is 0 Å². The zero-order valence-corrected chi connectivity index (χ0v) is 16.4. The predicted molar refractivity (Wildman–Crippen MR) is 101 cm³/mol. The van der Waals surface area contributed by atoms with E-state index in [1.165, 1.54) is 0 Å². The third-order valence-electron chi connectivity index (χ3n) is 3.72. The quantitative estimate of drug-likeness (QED) is 0.288. The standard InChI is InChI=1S/C21H34O4/c1-6-8-9-16-24-20(22)12-10-13-21(23)25-19(15-14-17(3)4)18(5)11-7-2/h18-19H,3,6-13,16H2,1-2,4-5H3. The highest BCUT2D eigenvalue weighted by atomic mass is 16.5. The van der Waals surface area contributed by atoms with E-state index < -0.39 is 6.10 Å². The van der Waals surface area contributed by atoms with Crippen LogP contribution in [0.4, 0.5) is 0 Å². The van der Waals surface area contributed by atoms with Crippen molar-refractivity contribution in [3.63, 3.8) is 0 Å². The molecule has 0 amide bonds. The highest BCUT2D eigenvalue weighted by Gasteiger charge is 2.19. The van der Waals surface area contributed by atoms with E-state index in [9.17, 15) is 9.59 Å². The van der Waals surface area contributed by atoms with E-state index in [0.29, 0.717) is 13.0 Å². The number of rotatable bonds is 12. The SMILES string of the molecule is C=C(C)C#CC(OC(=O)CCCC(=O)OCCCCC)C(C)CCC. The fourth-order valence-electron chi connectivity index (χ4n) is 2.28. The lowest BCUT2D eigenvalue weighted by Crippen LogP contribution is -2.24. The van der Waals surface area contributed by atoms with E-state index in [0.717, 1.165) is 37.7 Å². The first-order valence-corrected chi connectivity index (χ1v) is 9.42. The van der Waals surface area contributed by atoms with Gasteiger partial charge >= 0.3 is 11.9 Å². The molecule has 2 unspecified atom stereocenters. The lowest BCUT2D eigenvalue weighted by atomic mass is 9.99. The summed E-state index contributed by atoms with van der Waals surface area (Å²) in [5.41, 5.74) is 0.746. The molecule has 142 valence electrons. The number of hydrogen-bond acceptors (Lipinski definition) is 4. The molecule has 0 radical (unpaired) electrons. The number of ether oxygens (including phenoxy) is 2. The molecule has 0 aromatic heterocycles. The Hall–Kier alpha value is -1.76. The summed E-state index contributed by atoms with van der Waals surface area (Å²) in [4.78, 5) is 23.6. The zero-order valence-electron chi connectivity index (χ0n) is 16.4. The van der Waals surface area contributed by atoms with Crippen molar-refractivity contribution in [3.05, 3.63) is 12.2 Å². The van der Waals surface area contributed by atoms with Gasteiger partial charge < -0.3 is 9.47 Å². The molecule has 0 aliphatic carbocycles. The topological polar surface area (TPSA) is 52.6 Å². The van der Waals surface area contributed by atoms with E-state index >= 15 is 0 Å². The molecule has 0 spiro atoms. The summed E-state index contributed by atoms with van der Waals surface area (Å²) in [6.45, 7) is 12.3. The van der Waals surface area contributed by atoms with Gasteiger partial charge in [0.25, 0.3) is 0 Å². The molecule has 0 aliphatic rings.